The molecule has 0 radical (unpaired) electrons. The van der Waals surface area contributed by atoms with Crippen molar-refractivity contribution >= 4 is 22.4 Å². The van der Waals surface area contributed by atoms with Crippen LogP contribution in [0, 0.1) is 0 Å². The van der Waals surface area contributed by atoms with Crippen LogP contribution >= 0.6 is 0 Å². The first-order chi connectivity index (χ1) is 6.52. The van der Waals surface area contributed by atoms with Crippen LogP contribution in [0.4, 0.5) is 11.4 Å². The summed E-state index contributed by atoms with van der Waals surface area (Å²) in [7, 11) is 4.83. The fourth-order valence-electron chi connectivity index (χ4n) is 1.12. The molecule has 0 amide bonds. The summed E-state index contributed by atoms with van der Waals surface area (Å²) in [4.78, 5) is 2.02. The highest BCUT2D eigenvalue weighted by molar-refractivity contribution is 7.85. The van der Waals surface area contributed by atoms with Gasteiger partial charge in [-0.25, -0.2) is 4.21 Å². The highest BCUT2D eigenvalue weighted by Gasteiger charge is 2.04. The molecule has 0 fully saturated rings. The monoisotopic (exact) mass is 212 g/mol. The Hall–Kier alpha value is -1.03. The van der Waals surface area contributed by atoms with E-state index in [9.17, 15) is 4.21 Å². The maximum absolute atomic E-state index is 11.2. The summed E-state index contributed by atoms with van der Waals surface area (Å²) in [5.74, 6) is 0. The molecule has 3 nitrogen and oxygen atoms in total. The van der Waals surface area contributed by atoms with Gasteiger partial charge in [0.15, 0.2) is 0 Å². The molecule has 1 atom stereocenters. The van der Waals surface area contributed by atoms with Crippen molar-refractivity contribution in [2.24, 2.45) is 0 Å². The van der Waals surface area contributed by atoms with Crippen LogP contribution in [0.3, 0.4) is 0 Å². The lowest BCUT2D eigenvalue weighted by atomic mass is 10.2. The van der Waals surface area contributed by atoms with E-state index in [2.05, 4.69) is 0 Å². The third-order valence-electron chi connectivity index (χ3n) is 2.10. The van der Waals surface area contributed by atoms with Crippen molar-refractivity contribution in [2.75, 3.05) is 36.6 Å². The normalized spacial score (nSPS) is 12.3. The lowest BCUT2D eigenvalue weighted by Crippen LogP contribution is -2.19. The molecule has 0 N–H and O–H groups in total. The maximum Gasteiger partial charge on any atom is 0.116 e. The van der Waals surface area contributed by atoms with Crippen LogP contribution in [0.2, 0.25) is 0 Å². The van der Waals surface area contributed by atoms with Crippen molar-refractivity contribution in [2.45, 2.75) is 0 Å². The molecule has 1 aromatic carbocycles. The van der Waals surface area contributed by atoms with E-state index in [-0.39, 0.29) is 0 Å². The van der Waals surface area contributed by atoms with E-state index in [0.29, 0.717) is 0 Å². The molecule has 14 heavy (non-hydrogen) atoms. The lowest BCUT2D eigenvalue weighted by Gasteiger charge is -2.18. The minimum absolute atomic E-state index is 0.968. The van der Waals surface area contributed by atoms with Gasteiger partial charge in [-0.2, -0.15) is 0 Å². The molecule has 4 heteroatoms. The number of rotatable bonds is 3. The van der Waals surface area contributed by atoms with Crippen molar-refractivity contribution in [1.29, 1.82) is 0 Å². The Bertz CT molecular complexity index is 339. The molecule has 0 aliphatic rings. The second-order valence-corrected chi connectivity index (χ2v) is 4.73. The molecule has 0 aliphatic carbocycles. The van der Waals surface area contributed by atoms with Gasteiger partial charge >= 0.3 is 0 Å². The second-order valence-electron chi connectivity index (χ2n) is 3.34. The quantitative estimate of drug-likeness (QED) is 0.757. The maximum atomic E-state index is 11.2. The largest absolute Gasteiger partial charge is 0.378 e. The fraction of sp³-hybridized carbons (Fsp3) is 0.400. The van der Waals surface area contributed by atoms with Gasteiger partial charge in [-0.1, -0.05) is 6.07 Å². The summed E-state index contributed by atoms with van der Waals surface area (Å²) in [6.45, 7) is 0. The standard InChI is InChI=1S/C10H16N2OS/c1-11(2)9-6-5-7-10(8-9)12(3)14(4)13/h5-8H,1-4H3. The van der Waals surface area contributed by atoms with E-state index in [4.69, 9.17) is 0 Å². The predicted molar refractivity (Wildman–Crippen MR) is 63.2 cm³/mol. The first kappa shape index (κ1) is 11.0. The highest BCUT2D eigenvalue weighted by Crippen LogP contribution is 2.20. The number of anilines is 2. The zero-order valence-electron chi connectivity index (χ0n) is 9.02. The van der Waals surface area contributed by atoms with Gasteiger partial charge in [-0.15, -0.1) is 0 Å². The molecular weight excluding hydrogens is 196 g/mol. The van der Waals surface area contributed by atoms with Gasteiger partial charge in [0.2, 0.25) is 0 Å². The molecule has 0 saturated heterocycles. The Kier molecular flexibility index (Phi) is 3.52. The minimum Gasteiger partial charge on any atom is -0.378 e. The molecule has 78 valence electrons. The summed E-state index contributed by atoms with van der Waals surface area (Å²) in [6.07, 6.45) is 1.67. The molecule has 0 spiro atoms. The highest BCUT2D eigenvalue weighted by atomic mass is 32.2. The Balaban J connectivity index is 2.99. The number of hydrogen-bond acceptors (Lipinski definition) is 2. The fourth-order valence-corrected chi connectivity index (χ4v) is 1.53. The van der Waals surface area contributed by atoms with Crippen molar-refractivity contribution < 1.29 is 4.21 Å². The van der Waals surface area contributed by atoms with Crippen LogP contribution in [0.25, 0.3) is 0 Å². The van der Waals surface area contributed by atoms with E-state index in [1.807, 2.05) is 50.3 Å². The average Bonchev–Trinajstić information content (AvgIpc) is 2.16. The molecule has 0 saturated carbocycles. The first-order valence-electron chi connectivity index (χ1n) is 4.37. The number of benzene rings is 1. The zero-order valence-corrected chi connectivity index (χ0v) is 9.84. The summed E-state index contributed by atoms with van der Waals surface area (Å²) in [6, 6.07) is 7.96. The van der Waals surface area contributed by atoms with Gasteiger partial charge < -0.3 is 4.90 Å². The van der Waals surface area contributed by atoms with E-state index in [1.165, 1.54) is 0 Å². The van der Waals surface area contributed by atoms with Gasteiger partial charge in [0.05, 0.1) is 5.69 Å². The van der Waals surface area contributed by atoms with E-state index < -0.39 is 11.0 Å². The van der Waals surface area contributed by atoms with Crippen LogP contribution < -0.4 is 9.21 Å². The summed E-state index contributed by atoms with van der Waals surface area (Å²) < 4.78 is 13.0. The molecule has 0 bridgehead atoms. The number of hydrogen-bond donors (Lipinski definition) is 0. The lowest BCUT2D eigenvalue weighted by molar-refractivity contribution is 0.685. The van der Waals surface area contributed by atoms with Gasteiger partial charge in [0.25, 0.3) is 0 Å². The third-order valence-corrected chi connectivity index (χ3v) is 3.08. The smallest absolute Gasteiger partial charge is 0.116 e. The molecule has 0 heterocycles. The van der Waals surface area contributed by atoms with Crippen LogP contribution in [0.5, 0.6) is 0 Å². The second kappa shape index (κ2) is 4.46. The third kappa shape index (κ3) is 2.48. The average molecular weight is 212 g/mol. The van der Waals surface area contributed by atoms with Crippen molar-refractivity contribution in [3.05, 3.63) is 24.3 Å². The molecule has 1 aromatic rings. The van der Waals surface area contributed by atoms with E-state index in [0.717, 1.165) is 11.4 Å². The molecule has 1 rings (SSSR count). The SMILES string of the molecule is CN(C)c1cccc(N(C)S(C)=O)c1. The van der Waals surface area contributed by atoms with Crippen LogP contribution in [-0.2, 0) is 11.0 Å². The van der Waals surface area contributed by atoms with Crippen LogP contribution in [0.15, 0.2) is 24.3 Å². The molecule has 1 unspecified atom stereocenters. The summed E-state index contributed by atoms with van der Waals surface area (Å²) in [5, 5.41) is 0. The Morgan fingerprint density at radius 2 is 1.71 bits per heavy atom. The van der Waals surface area contributed by atoms with E-state index in [1.54, 1.807) is 10.6 Å². The Morgan fingerprint density at radius 1 is 1.14 bits per heavy atom. The first-order valence-corrected chi connectivity index (χ1v) is 5.88. The topological polar surface area (TPSA) is 23.6 Å². The van der Waals surface area contributed by atoms with Crippen molar-refractivity contribution in [3.8, 4) is 0 Å². The van der Waals surface area contributed by atoms with Crippen LogP contribution in [0.1, 0.15) is 0 Å². The van der Waals surface area contributed by atoms with E-state index >= 15 is 0 Å². The molecular formula is C10H16N2OS. The van der Waals surface area contributed by atoms with Gasteiger partial charge in [-0.3, -0.25) is 4.31 Å². The summed E-state index contributed by atoms with van der Waals surface area (Å²) >= 11 is 0. The Labute approximate surface area is 87.9 Å². The molecule has 0 aliphatic heterocycles. The summed E-state index contributed by atoms with van der Waals surface area (Å²) in [5.41, 5.74) is 2.08. The van der Waals surface area contributed by atoms with Gasteiger partial charge in [0, 0.05) is 33.1 Å². The van der Waals surface area contributed by atoms with Gasteiger partial charge in [-0.05, 0) is 18.2 Å². The molecule has 0 aromatic heterocycles. The van der Waals surface area contributed by atoms with Crippen molar-refractivity contribution in [1.82, 2.24) is 0 Å². The minimum atomic E-state index is -0.968. The van der Waals surface area contributed by atoms with Crippen molar-refractivity contribution in [3.63, 3.8) is 0 Å². The Morgan fingerprint density at radius 3 is 2.21 bits per heavy atom. The zero-order chi connectivity index (χ0) is 10.7. The van der Waals surface area contributed by atoms with Gasteiger partial charge in [0.1, 0.15) is 11.0 Å². The van der Waals surface area contributed by atoms with Crippen LogP contribution in [-0.4, -0.2) is 31.6 Å². The number of nitrogens with zero attached hydrogens (tertiary/aromatic N) is 2. The predicted octanol–water partition coefficient (Wildman–Crippen LogP) is 1.48.